The van der Waals surface area contributed by atoms with E-state index in [0.717, 1.165) is 11.3 Å². The van der Waals surface area contributed by atoms with Crippen LogP contribution in [-0.2, 0) is 4.79 Å². The number of rotatable bonds is 8. The molecule has 0 saturated heterocycles. The fourth-order valence-electron chi connectivity index (χ4n) is 3.77. The van der Waals surface area contributed by atoms with Crippen LogP contribution in [0.3, 0.4) is 0 Å². The Bertz CT molecular complexity index is 1280. The van der Waals surface area contributed by atoms with E-state index in [-0.39, 0.29) is 24.4 Å². The normalized spacial score (nSPS) is 11.6. The van der Waals surface area contributed by atoms with Gasteiger partial charge in [0.1, 0.15) is 5.75 Å². The van der Waals surface area contributed by atoms with Crippen molar-refractivity contribution in [2.24, 2.45) is 0 Å². The highest BCUT2D eigenvalue weighted by molar-refractivity contribution is 6.04. The van der Waals surface area contributed by atoms with Crippen LogP contribution in [0.25, 0.3) is 10.8 Å². The van der Waals surface area contributed by atoms with Crippen molar-refractivity contribution in [1.29, 1.82) is 0 Å². The highest BCUT2D eigenvalue weighted by Gasteiger charge is 2.11. The van der Waals surface area contributed by atoms with E-state index in [9.17, 15) is 9.59 Å². The number of anilines is 2. The van der Waals surface area contributed by atoms with Gasteiger partial charge in [-0.05, 0) is 71.8 Å². The van der Waals surface area contributed by atoms with Gasteiger partial charge in [0.05, 0.1) is 13.7 Å². The van der Waals surface area contributed by atoms with E-state index in [0.29, 0.717) is 16.9 Å². The fraction of sp³-hybridized carbons (Fsp3) is 0.143. The summed E-state index contributed by atoms with van der Waals surface area (Å²) >= 11 is 0. The molecule has 0 spiro atoms. The molecular weight excluding hydrogens is 426 g/mol. The number of benzene rings is 4. The van der Waals surface area contributed by atoms with Crippen LogP contribution in [0.4, 0.5) is 11.4 Å². The summed E-state index contributed by atoms with van der Waals surface area (Å²) in [5, 5.41) is 11.3. The van der Waals surface area contributed by atoms with Crippen molar-refractivity contribution in [1.82, 2.24) is 5.32 Å². The number of carbonyl (C=O) groups excluding carboxylic acids is 2. The third-order valence-electron chi connectivity index (χ3n) is 5.64. The molecule has 6 nitrogen and oxygen atoms in total. The SMILES string of the molecule is COc1ccc(NC(=O)c2ccc(NC(=O)CN[C@@H](C)c3cccc4ccccc34)cc2)cc1. The van der Waals surface area contributed by atoms with E-state index < -0.39 is 0 Å². The maximum atomic E-state index is 12.5. The van der Waals surface area contributed by atoms with E-state index in [2.05, 4.69) is 40.2 Å². The Morgan fingerprint density at radius 3 is 2.18 bits per heavy atom. The predicted molar refractivity (Wildman–Crippen MR) is 136 cm³/mol. The summed E-state index contributed by atoms with van der Waals surface area (Å²) in [6, 6.07) is 28.3. The van der Waals surface area contributed by atoms with E-state index in [1.165, 1.54) is 10.8 Å². The second kappa shape index (κ2) is 10.6. The average Bonchev–Trinajstić information content (AvgIpc) is 2.87. The van der Waals surface area contributed by atoms with Crippen molar-refractivity contribution in [2.45, 2.75) is 13.0 Å². The molecule has 0 saturated carbocycles. The van der Waals surface area contributed by atoms with Gasteiger partial charge in [0.15, 0.2) is 0 Å². The van der Waals surface area contributed by atoms with Crippen LogP contribution in [0.15, 0.2) is 91.0 Å². The van der Waals surface area contributed by atoms with Crippen LogP contribution >= 0.6 is 0 Å². The lowest BCUT2D eigenvalue weighted by Gasteiger charge is -2.16. The van der Waals surface area contributed by atoms with Crippen LogP contribution in [0, 0.1) is 0 Å². The molecule has 6 heteroatoms. The number of nitrogens with one attached hydrogen (secondary N) is 3. The van der Waals surface area contributed by atoms with Crippen LogP contribution in [0.1, 0.15) is 28.9 Å². The zero-order chi connectivity index (χ0) is 23.9. The van der Waals surface area contributed by atoms with Crippen LogP contribution in [-0.4, -0.2) is 25.5 Å². The minimum atomic E-state index is -0.228. The molecule has 0 bridgehead atoms. The van der Waals surface area contributed by atoms with Gasteiger partial charge in [-0.15, -0.1) is 0 Å². The van der Waals surface area contributed by atoms with Crippen molar-refractivity contribution in [3.8, 4) is 5.75 Å². The van der Waals surface area contributed by atoms with Gasteiger partial charge in [-0.1, -0.05) is 42.5 Å². The van der Waals surface area contributed by atoms with Gasteiger partial charge in [0, 0.05) is 23.0 Å². The lowest BCUT2D eigenvalue weighted by atomic mass is 10.00. The average molecular weight is 454 g/mol. The molecule has 3 N–H and O–H groups in total. The minimum absolute atomic E-state index is 0.0147. The topological polar surface area (TPSA) is 79.5 Å². The molecule has 0 aromatic heterocycles. The van der Waals surface area contributed by atoms with Gasteiger partial charge in [-0.3, -0.25) is 9.59 Å². The second-order valence-corrected chi connectivity index (χ2v) is 7.98. The molecule has 4 aromatic carbocycles. The third kappa shape index (κ3) is 5.60. The summed E-state index contributed by atoms with van der Waals surface area (Å²) < 4.78 is 5.12. The molecule has 0 heterocycles. The first-order chi connectivity index (χ1) is 16.5. The first-order valence-electron chi connectivity index (χ1n) is 11.1. The van der Waals surface area contributed by atoms with Crippen LogP contribution < -0.4 is 20.7 Å². The summed E-state index contributed by atoms with van der Waals surface area (Å²) in [6.45, 7) is 2.22. The number of fused-ring (bicyclic) bond motifs is 1. The standard InChI is InChI=1S/C28H27N3O3/c1-19(25-9-5-7-20-6-3-4-8-26(20)25)29-18-27(32)30-22-12-10-21(11-13-22)28(33)31-23-14-16-24(34-2)17-15-23/h3-17,19,29H,18H2,1-2H3,(H,30,32)(H,31,33)/t19-/m0/s1. The zero-order valence-corrected chi connectivity index (χ0v) is 19.2. The Morgan fingerprint density at radius 1 is 0.794 bits per heavy atom. The number of carbonyl (C=O) groups is 2. The summed E-state index contributed by atoms with van der Waals surface area (Å²) in [4.78, 5) is 24.9. The Labute approximate surface area is 199 Å². The first-order valence-corrected chi connectivity index (χ1v) is 11.1. The Kier molecular flexibility index (Phi) is 7.20. The monoisotopic (exact) mass is 453 g/mol. The van der Waals surface area contributed by atoms with Gasteiger partial charge in [-0.25, -0.2) is 0 Å². The summed E-state index contributed by atoms with van der Waals surface area (Å²) in [7, 11) is 1.59. The highest BCUT2D eigenvalue weighted by atomic mass is 16.5. The Morgan fingerprint density at radius 2 is 1.44 bits per heavy atom. The number of amides is 2. The number of hydrogen-bond acceptors (Lipinski definition) is 4. The molecule has 0 radical (unpaired) electrons. The molecule has 34 heavy (non-hydrogen) atoms. The third-order valence-corrected chi connectivity index (χ3v) is 5.64. The van der Waals surface area contributed by atoms with Crippen molar-refractivity contribution in [3.63, 3.8) is 0 Å². The minimum Gasteiger partial charge on any atom is -0.497 e. The molecule has 4 aromatic rings. The van der Waals surface area contributed by atoms with Gasteiger partial charge < -0.3 is 20.7 Å². The first kappa shape index (κ1) is 23.0. The van der Waals surface area contributed by atoms with Gasteiger partial charge >= 0.3 is 0 Å². The molecule has 0 aliphatic carbocycles. The number of methoxy groups -OCH3 is 1. The second-order valence-electron chi connectivity index (χ2n) is 7.98. The Hall–Kier alpha value is -4.16. The molecule has 0 unspecified atom stereocenters. The smallest absolute Gasteiger partial charge is 0.255 e. The zero-order valence-electron chi connectivity index (χ0n) is 19.2. The molecule has 0 fully saturated rings. The van der Waals surface area contributed by atoms with Crippen molar-refractivity contribution in [3.05, 3.63) is 102 Å². The summed E-state index contributed by atoms with van der Waals surface area (Å²) in [5.41, 5.74) is 2.95. The maximum Gasteiger partial charge on any atom is 0.255 e. The van der Waals surface area contributed by atoms with Crippen LogP contribution in [0.2, 0.25) is 0 Å². The van der Waals surface area contributed by atoms with Crippen molar-refractivity contribution >= 4 is 34.0 Å². The highest BCUT2D eigenvalue weighted by Crippen LogP contribution is 2.24. The van der Waals surface area contributed by atoms with E-state index >= 15 is 0 Å². The lowest BCUT2D eigenvalue weighted by molar-refractivity contribution is -0.115. The lowest BCUT2D eigenvalue weighted by Crippen LogP contribution is -2.30. The van der Waals surface area contributed by atoms with Crippen molar-refractivity contribution in [2.75, 3.05) is 24.3 Å². The Balaban J connectivity index is 1.30. The van der Waals surface area contributed by atoms with E-state index in [1.807, 2.05) is 25.1 Å². The molecular formula is C28H27N3O3. The van der Waals surface area contributed by atoms with E-state index in [4.69, 9.17) is 4.74 Å². The molecule has 1 atom stereocenters. The van der Waals surface area contributed by atoms with Crippen LogP contribution in [0.5, 0.6) is 5.75 Å². The number of hydrogen-bond donors (Lipinski definition) is 3. The quantitative estimate of drug-likeness (QED) is 0.334. The fourth-order valence-corrected chi connectivity index (χ4v) is 3.77. The van der Waals surface area contributed by atoms with E-state index in [1.54, 1.807) is 55.6 Å². The molecule has 2 amide bonds. The number of ether oxygens (including phenoxy) is 1. The predicted octanol–water partition coefficient (Wildman–Crippen LogP) is 5.39. The summed E-state index contributed by atoms with van der Waals surface area (Å²) in [5.74, 6) is 0.343. The largest absolute Gasteiger partial charge is 0.497 e. The van der Waals surface area contributed by atoms with Crippen molar-refractivity contribution < 1.29 is 14.3 Å². The molecule has 0 aliphatic heterocycles. The summed E-state index contributed by atoms with van der Waals surface area (Å²) in [6.07, 6.45) is 0. The molecule has 0 aliphatic rings. The maximum absolute atomic E-state index is 12.5. The van der Waals surface area contributed by atoms with Gasteiger partial charge in [-0.2, -0.15) is 0 Å². The van der Waals surface area contributed by atoms with Gasteiger partial charge in [0.25, 0.3) is 5.91 Å². The molecule has 172 valence electrons. The molecule has 4 rings (SSSR count). The van der Waals surface area contributed by atoms with Gasteiger partial charge in [0.2, 0.25) is 5.91 Å².